The Hall–Kier alpha value is -1.55. The Bertz CT molecular complexity index is 445. The molecule has 0 aromatic heterocycles. The SMILES string of the molecule is CC(C)NCCCN1C(=O)N(C)Cc2ccccc21. The summed E-state index contributed by atoms with van der Waals surface area (Å²) in [7, 11) is 1.86. The van der Waals surface area contributed by atoms with Crippen LogP contribution in [0.5, 0.6) is 0 Å². The van der Waals surface area contributed by atoms with Crippen molar-refractivity contribution in [3.8, 4) is 0 Å². The summed E-state index contributed by atoms with van der Waals surface area (Å²) < 4.78 is 0. The van der Waals surface area contributed by atoms with Crippen LogP contribution in [-0.4, -0.2) is 37.1 Å². The predicted molar refractivity (Wildman–Crippen MR) is 78.4 cm³/mol. The predicted octanol–water partition coefficient (Wildman–Crippen LogP) is 2.45. The fourth-order valence-electron chi connectivity index (χ4n) is 2.38. The van der Waals surface area contributed by atoms with Gasteiger partial charge in [-0.25, -0.2) is 4.79 Å². The molecule has 0 unspecified atom stereocenters. The van der Waals surface area contributed by atoms with Crippen molar-refractivity contribution in [3.05, 3.63) is 29.8 Å². The van der Waals surface area contributed by atoms with Gasteiger partial charge in [0.2, 0.25) is 0 Å². The van der Waals surface area contributed by atoms with Crippen LogP contribution in [-0.2, 0) is 6.54 Å². The van der Waals surface area contributed by atoms with Crippen LogP contribution in [0.1, 0.15) is 25.8 Å². The van der Waals surface area contributed by atoms with Gasteiger partial charge < -0.3 is 10.2 Å². The number of hydrogen-bond donors (Lipinski definition) is 1. The fourth-order valence-corrected chi connectivity index (χ4v) is 2.38. The number of benzene rings is 1. The van der Waals surface area contributed by atoms with Crippen molar-refractivity contribution in [3.63, 3.8) is 0 Å². The fraction of sp³-hybridized carbons (Fsp3) is 0.533. The van der Waals surface area contributed by atoms with Crippen LogP contribution >= 0.6 is 0 Å². The number of para-hydroxylation sites is 1. The number of urea groups is 1. The van der Waals surface area contributed by atoms with E-state index in [0.717, 1.165) is 25.2 Å². The van der Waals surface area contributed by atoms with Crippen molar-refractivity contribution in [1.82, 2.24) is 10.2 Å². The molecule has 2 amide bonds. The normalized spacial score (nSPS) is 15.1. The van der Waals surface area contributed by atoms with E-state index in [0.29, 0.717) is 12.6 Å². The first-order valence-electron chi connectivity index (χ1n) is 6.93. The highest BCUT2D eigenvalue weighted by Gasteiger charge is 2.26. The number of carbonyl (C=O) groups excluding carboxylic acids is 1. The van der Waals surface area contributed by atoms with Crippen molar-refractivity contribution in [2.75, 3.05) is 25.0 Å². The highest BCUT2D eigenvalue weighted by molar-refractivity contribution is 5.94. The third kappa shape index (κ3) is 3.26. The van der Waals surface area contributed by atoms with Gasteiger partial charge in [-0.1, -0.05) is 32.0 Å². The van der Waals surface area contributed by atoms with Gasteiger partial charge in [0.15, 0.2) is 0 Å². The number of nitrogens with zero attached hydrogens (tertiary/aromatic N) is 2. The molecule has 1 aliphatic rings. The quantitative estimate of drug-likeness (QED) is 0.826. The monoisotopic (exact) mass is 261 g/mol. The molecule has 1 aromatic carbocycles. The number of rotatable bonds is 5. The van der Waals surface area contributed by atoms with Gasteiger partial charge >= 0.3 is 6.03 Å². The van der Waals surface area contributed by atoms with Gasteiger partial charge in [0.1, 0.15) is 0 Å². The number of anilines is 1. The van der Waals surface area contributed by atoms with E-state index in [1.54, 1.807) is 4.90 Å². The summed E-state index contributed by atoms with van der Waals surface area (Å²) in [4.78, 5) is 15.9. The third-order valence-corrected chi connectivity index (χ3v) is 3.36. The van der Waals surface area contributed by atoms with Gasteiger partial charge in [0, 0.05) is 26.2 Å². The topological polar surface area (TPSA) is 35.6 Å². The summed E-state index contributed by atoms with van der Waals surface area (Å²) >= 11 is 0. The van der Waals surface area contributed by atoms with Crippen molar-refractivity contribution in [2.45, 2.75) is 32.9 Å². The lowest BCUT2D eigenvalue weighted by Gasteiger charge is -2.35. The Morgan fingerprint density at radius 3 is 2.79 bits per heavy atom. The number of fused-ring (bicyclic) bond motifs is 1. The molecular weight excluding hydrogens is 238 g/mol. The maximum absolute atomic E-state index is 12.2. The second-order valence-electron chi connectivity index (χ2n) is 5.38. The highest BCUT2D eigenvalue weighted by atomic mass is 16.2. The minimum absolute atomic E-state index is 0.100. The average Bonchev–Trinajstić information content (AvgIpc) is 2.38. The van der Waals surface area contributed by atoms with Crippen LogP contribution in [0.15, 0.2) is 24.3 Å². The van der Waals surface area contributed by atoms with Crippen molar-refractivity contribution in [1.29, 1.82) is 0 Å². The van der Waals surface area contributed by atoms with Crippen LogP contribution in [0, 0.1) is 0 Å². The molecule has 0 radical (unpaired) electrons. The maximum Gasteiger partial charge on any atom is 0.324 e. The molecule has 0 atom stereocenters. The number of carbonyl (C=O) groups is 1. The van der Waals surface area contributed by atoms with E-state index in [1.165, 1.54) is 5.56 Å². The molecule has 19 heavy (non-hydrogen) atoms. The molecule has 2 rings (SSSR count). The first-order chi connectivity index (χ1) is 9.09. The van der Waals surface area contributed by atoms with Gasteiger partial charge in [0.25, 0.3) is 0 Å². The Morgan fingerprint density at radius 2 is 2.05 bits per heavy atom. The number of hydrogen-bond acceptors (Lipinski definition) is 2. The summed E-state index contributed by atoms with van der Waals surface area (Å²) in [6, 6.07) is 8.75. The first kappa shape index (κ1) is 13.9. The molecule has 1 N–H and O–H groups in total. The van der Waals surface area contributed by atoms with Crippen LogP contribution in [0.4, 0.5) is 10.5 Å². The second kappa shape index (κ2) is 6.06. The molecule has 0 fully saturated rings. The first-order valence-corrected chi connectivity index (χ1v) is 6.93. The van der Waals surface area contributed by atoms with Gasteiger partial charge in [-0.2, -0.15) is 0 Å². The van der Waals surface area contributed by atoms with Gasteiger partial charge in [-0.15, -0.1) is 0 Å². The lowest BCUT2D eigenvalue weighted by molar-refractivity contribution is 0.210. The molecule has 0 aliphatic carbocycles. The second-order valence-corrected chi connectivity index (χ2v) is 5.38. The summed E-state index contributed by atoms with van der Waals surface area (Å²) in [5, 5.41) is 3.38. The van der Waals surface area contributed by atoms with E-state index in [-0.39, 0.29) is 6.03 Å². The van der Waals surface area contributed by atoms with Crippen LogP contribution in [0.3, 0.4) is 0 Å². The molecule has 4 nitrogen and oxygen atoms in total. The molecule has 0 bridgehead atoms. The summed E-state index contributed by atoms with van der Waals surface area (Å²) in [6.45, 7) is 6.67. The van der Waals surface area contributed by atoms with E-state index in [4.69, 9.17) is 0 Å². The lowest BCUT2D eigenvalue weighted by Crippen LogP contribution is -2.46. The third-order valence-electron chi connectivity index (χ3n) is 3.36. The Balaban J connectivity index is 2.03. The Morgan fingerprint density at radius 1 is 1.32 bits per heavy atom. The largest absolute Gasteiger partial charge is 0.324 e. The van der Waals surface area contributed by atoms with E-state index >= 15 is 0 Å². The summed E-state index contributed by atoms with van der Waals surface area (Å²) in [5.41, 5.74) is 2.29. The smallest absolute Gasteiger partial charge is 0.323 e. The Kier molecular flexibility index (Phi) is 4.43. The van der Waals surface area contributed by atoms with Gasteiger partial charge in [-0.05, 0) is 24.6 Å². The average molecular weight is 261 g/mol. The zero-order chi connectivity index (χ0) is 13.8. The van der Waals surface area contributed by atoms with Gasteiger partial charge in [0.05, 0.1) is 5.69 Å². The minimum atomic E-state index is 0.100. The molecule has 0 spiro atoms. The molecule has 104 valence electrons. The highest BCUT2D eigenvalue weighted by Crippen LogP contribution is 2.27. The van der Waals surface area contributed by atoms with Crippen LogP contribution < -0.4 is 10.2 Å². The zero-order valence-electron chi connectivity index (χ0n) is 12.0. The van der Waals surface area contributed by atoms with Crippen molar-refractivity contribution < 1.29 is 4.79 Å². The molecule has 1 aliphatic heterocycles. The Labute approximate surface area is 115 Å². The van der Waals surface area contributed by atoms with Crippen molar-refractivity contribution in [2.24, 2.45) is 0 Å². The molecule has 1 heterocycles. The molecule has 0 saturated carbocycles. The van der Waals surface area contributed by atoms with E-state index in [9.17, 15) is 4.79 Å². The van der Waals surface area contributed by atoms with Crippen molar-refractivity contribution >= 4 is 11.7 Å². The minimum Gasteiger partial charge on any atom is -0.323 e. The summed E-state index contributed by atoms with van der Waals surface area (Å²) in [6.07, 6.45) is 0.964. The van der Waals surface area contributed by atoms with E-state index in [2.05, 4.69) is 25.2 Å². The van der Waals surface area contributed by atoms with Gasteiger partial charge in [-0.3, -0.25) is 4.90 Å². The maximum atomic E-state index is 12.2. The van der Waals surface area contributed by atoms with Crippen LogP contribution in [0.2, 0.25) is 0 Å². The van der Waals surface area contributed by atoms with Crippen LogP contribution in [0.25, 0.3) is 0 Å². The molecule has 4 heteroatoms. The standard InChI is InChI=1S/C15H23N3O/c1-12(2)16-9-6-10-18-14-8-5-4-7-13(14)11-17(3)15(18)19/h4-5,7-8,12,16H,6,9-11H2,1-3H3. The van der Waals surface area contributed by atoms with E-state index < -0.39 is 0 Å². The van der Waals surface area contributed by atoms with E-state index in [1.807, 2.05) is 30.1 Å². The summed E-state index contributed by atoms with van der Waals surface area (Å²) in [5.74, 6) is 0. The number of amides is 2. The zero-order valence-corrected chi connectivity index (χ0v) is 12.0. The number of nitrogens with one attached hydrogen (secondary N) is 1. The molecule has 0 saturated heterocycles. The molecule has 1 aromatic rings. The lowest BCUT2D eigenvalue weighted by atomic mass is 10.1. The molecular formula is C15H23N3O.